The molecule has 0 aliphatic rings. The SMILES string of the molecule is CCc1cccc(CCc2ccccc2)c1.[HH]. The summed E-state index contributed by atoms with van der Waals surface area (Å²) >= 11 is 0. The van der Waals surface area contributed by atoms with Crippen molar-refractivity contribution in [2.45, 2.75) is 26.2 Å². The molecule has 0 unspecified atom stereocenters. The summed E-state index contributed by atoms with van der Waals surface area (Å²) in [5, 5.41) is 0. The maximum Gasteiger partial charge on any atom is 0 e. The number of hydrogen-bond acceptors (Lipinski definition) is 0. The lowest BCUT2D eigenvalue weighted by molar-refractivity contribution is 0.953. The Hall–Kier alpha value is -1.56. The zero-order valence-electron chi connectivity index (χ0n) is 9.82. The summed E-state index contributed by atoms with van der Waals surface area (Å²) in [7, 11) is 0. The van der Waals surface area contributed by atoms with Crippen LogP contribution in [0.15, 0.2) is 54.6 Å². The van der Waals surface area contributed by atoms with Gasteiger partial charge in [-0.2, -0.15) is 0 Å². The van der Waals surface area contributed by atoms with E-state index >= 15 is 0 Å². The average Bonchev–Trinajstić information content (AvgIpc) is 2.38. The van der Waals surface area contributed by atoms with Crippen molar-refractivity contribution in [1.29, 1.82) is 0 Å². The molecule has 2 aromatic rings. The molecule has 0 N–H and O–H groups in total. The molecule has 0 fully saturated rings. The standard InChI is InChI=1S/C16H18.H2/c1-2-14-9-6-10-16(13-14)12-11-15-7-4-3-5-8-15;/h3-10,13H,2,11-12H2,1H3;1H. The Labute approximate surface area is 99.4 Å². The Kier molecular flexibility index (Phi) is 3.76. The zero-order valence-corrected chi connectivity index (χ0v) is 9.82. The van der Waals surface area contributed by atoms with Gasteiger partial charge >= 0.3 is 0 Å². The van der Waals surface area contributed by atoms with Crippen molar-refractivity contribution in [2.75, 3.05) is 0 Å². The zero-order chi connectivity index (χ0) is 11.2. The van der Waals surface area contributed by atoms with E-state index in [0.29, 0.717) is 0 Å². The first-order chi connectivity index (χ1) is 7.88. The van der Waals surface area contributed by atoms with Crippen LogP contribution in [0.5, 0.6) is 0 Å². The molecule has 2 rings (SSSR count). The van der Waals surface area contributed by atoms with Crippen LogP contribution in [0.2, 0.25) is 0 Å². The fourth-order valence-corrected chi connectivity index (χ4v) is 1.94. The van der Waals surface area contributed by atoms with Gasteiger partial charge in [-0.3, -0.25) is 0 Å². The number of hydrogen-bond donors (Lipinski definition) is 0. The van der Waals surface area contributed by atoms with Crippen LogP contribution in [0.25, 0.3) is 0 Å². The minimum absolute atomic E-state index is 0. The molecule has 84 valence electrons. The molecule has 0 spiro atoms. The molecule has 0 aromatic heterocycles. The van der Waals surface area contributed by atoms with E-state index in [1.807, 2.05) is 0 Å². The molecule has 0 saturated carbocycles. The molecule has 16 heavy (non-hydrogen) atoms. The summed E-state index contributed by atoms with van der Waals surface area (Å²) in [6.45, 7) is 2.20. The summed E-state index contributed by atoms with van der Waals surface area (Å²) in [5.74, 6) is 0. The minimum atomic E-state index is 0. The fourth-order valence-electron chi connectivity index (χ4n) is 1.94. The molecule has 0 heterocycles. The largest absolute Gasteiger partial charge is 0.0622 e. The van der Waals surface area contributed by atoms with E-state index < -0.39 is 0 Å². The van der Waals surface area contributed by atoms with Crippen molar-refractivity contribution in [3.63, 3.8) is 0 Å². The van der Waals surface area contributed by atoms with Crippen LogP contribution in [0.3, 0.4) is 0 Å². The number of rotatable bonds is 4. The van der Waals surface area contributed by atoms with Crippen LogP contribution in [0.1, 0.15) is 25.0 Å². The van der Waals surface area contributed by atoms with Crippen molar-refractivity contribution < 1.29 is 1.43 Å². The fraction of sp³-hybridized carbons (Fsp3) is 0.250. The molecule has 0 atom stereocenters. The van der Waals surface area contributed by atoms with Crippen molar-refractivity contribution in [3.05, 3.63) is 71.3 Å². The second kappa shape index (κ2) is 5.50. The molecule has 0 nitrogen and oxygen atoms in total. The molecule has 2 aromatic carbocycles. The van der Waals surface area contributed by atoms with Crippen molar-refractivity contribution >= 4 is 0 Å². The minimum Gasteiger partial charge on any atom is -0.0622 e. The van der Waals surface area contributed by atoms with E-state index in [1.165, 1.54) is 16.7 Å². The van der Waals surface area contributed by atoms with Crippen molar-refractivity contribution in [1.82, 2.24) is 0 Å². The van der Waals surface area contributed by atoms with Gasteiger partial charge in [0.2, 0.25) is 0 Å². The van der Waals surface area contributed by atoms with Gasteiger partial charge in [-0.05, 0) is 36.0 Å². The van der Waals surface area contributed by atoms with Gasteiger partial charge in [0.1, 0.15) is 0 Å². The van der Waals surface area contributed by atoms with Gasteiger partial charge in [-0.1, -0.05) is 61.5 Å². The highest BCUT2D eigenvalue weighted by atomic mass is 14.0. The summed E-state index contributed by atoms with van der Waals surface area (Å²) in [6.07, 6.45) is 3.39. The van der Waals surface area contributed by atoms with E-state index in [9.17, 15) is 0 Å². The second-order valence-corrected chi connectivity index (χ2v) is 4.16. The predicted octanol–water partition coefficient (Wildman–Crippen LogP) is 4.28. The molecule has 0 aliphatic heterocycles. The number of aryl methyl sites for hydroxylation is 3. The van der Waals surface area contributed by atoms with Gasteiger partial charge in [-0.15, -0.1) is 0 Å². The predicted molar refractivity (Wildman–Crippen MR) is 71.8 cm³/mol. The molecular weight excluding hydrogens is 192 g/mol. The van der Waals surface area contributed by atoms with E-state index in [1.54, 1.807) is 0 Å². The van der Waals surface area contributed by atoms with Crippen molar-refractivity contribution in [2.24, 2.45) is 0 Å². The summed E-state index contributed by atoms with van der Waals surface area (Å²) in [5.41, 5.74) is 4.30. The number of benzene rings is 2. The highest BCUT2D eigenvalue weighted by Gasteiger charge is 1.96. The van der Waals surface area contributed by atoms with E-state index in [0.717, 1.165) is 19.3 Å². The molecule has 0 bridgehead atoms. The lowest BCUT2D eigenvalue weighted by Gasteiger charge is -2.04. The van der Waals surface area contributed by atoms with Crippen LogP contribution in [-0.2, 0) is 19.3 Å². The lowest BCUT2D eigenvalue weighted by atomic mass is 10.0. The third kappa shape index (κ3) is 2.96. The second-order valence-electron chi connectivity index (χ2n) is 4.16. The first-order valence-electron chi connectivity index (χ1n) is 6.00. The molecule has 0 heteroatoms. The molecule has 0 radical (unpaired) electrons. The monoisotopic (exact) mass is 212 g/mol. The van der Waals surface area contributed by atoms with Gasteiger partial charge < -0.3 is 0 Å². The Morgan fingerprint density at radius 3 is 2.12 bits per heavy atom. The van der Waals surface area contributed by atoms with Gasteiger partial charge in [0, 0.05) is 1.43 Å². The van der Waals surface area contributed by atoms with Crippen LogP contribution in [-0.4, -0.2) is 0 Å². The van der Waals surface area contributed by atoms with E-state index in [2.05, 4.69) is 61.5 Å². The topological polar surface area (TPSA) is 0 Å². The highest BCUT2D eigenvalue weighted by Crippen LogP contribution is 2.10. The quantitative estimate of drug-likeness (QED) is 0.709. The average molecular weight is 212 g/mol. The van der Waals surface area contributed by atoms with Gasteiger partial charge in [0.15, 0.2) is 0 Å². The summed E-state index contributed by atoms with van der Waals surface area (Å²) in [4.78, 5) is 0. The first kappa shape index (κ1) is 10.9. The smallest absolute Gasteiger partial charge is 0 e. The Morgan fingerprint density at radius 1 is 0.750 bits per heavy atom. The van der Waals surface area contributed by atoms with Gasteiger partial charge in [0.25, 0.3) is 0 Å². The molecule has 0 saturated heterocycles. The van der Waals surface area contributed by atoms with Crippen LogP contribution in [0, 0.1) is 0 Å². The highest BCUT2D eigenvalue weighted by molar-refractivity contribution is 5.25. The normalized spacial score (nSPS) is 10.3. The van der Waals surface area contributed by atoms with Crippen LogP contribution in [0.4, 0.5) is 0 Å². The Morgan fingerprint density at radius 2 is 1.38 bits per heavy atom. The summed E-state index contributed by atoms with van der Waals surface area (Å²) in [6, 6.07) is 19.6. The van der Waals surface area contributed by atoms with E-state index in [4.69, 9.17) is 0 Å². The first-order valence-corrected chi connectivity index (χ1v) is 6.00. The molecule has 0 aliphatic carbocycles. The van der Waals surface area contributed by atoms with Gasteiger partial charge in [-0.25, -0.2) is 0 Å². The van der Waals surface area contributed by atoms with E-state index in [-0.39, 0.29) is 1.43 Å². The van der Waals surface area contributed by atoms with Crippen molar-refractivity contribution in [3.8, 4) is 0 Å². The molecule has 0 amide bonds. The lowest BCUT2D eigenvalue weighted by Crippen LogP contribution is -1.92. The maximum absolute atomic E-state index is 2.32. The molecular formula is C16H20. The Balaban J connectivity index is 0.00000144. The van der Waals surface area contributed by atoms with Crippen LogP contribution >= 0.6 is 0 Å². The van der Waals surface area contributed by atoms with Gasteiger partial charge in [0.05, 0.1) is 0 Å². The maximum atomic E-state index is 2.32. The van der Waals surface area contributed by atoms with Crippen LogP contribution < -0.4 is 0 Å². The third-order valence-electron chi connectivity index (χ3n) is 2.94. The Bertz CT molecular complexity index is 434. The summed E-state index contributed by atoms with van der Waals surface area (Å²) < 4.78 is 0. The third-order valence-corrected chi connectivity index (χ3v) is 2.94.